The van der Waals surface area contributed by atoms with Crippen molar-refractivity contribution in [3.8, 4) is 11.5 Å². The van der Waals surface area contributed by atoms with Gasteiger partial charge in [-0.1, -0.05) is 0 Å². The molecule has 6 nitrogen and oxygen atoms in total. The summed E-state index contributed by atoms with van der Waals surface area (Å²) in [6.07, 6.45) is 0.441. The van der Waals surface area contributed by atoms with Gasteiger partial charge in [-0.2, -0.15) is 11.8 Å². The summed E-state index contributed by atoms with van der Waals surface area (Å²) in [5.74, 6) is 2.09. The normalized spacial score (nSPS) is 18.4. The van der Waals surface area contributed by atoms with Gasteiger partial charge in [-0.3, -0.25) is 9.59 Å². The van der Waals surface area contributed by atoms with Gasteiger partial charge in [0, 0.05) is 24.0 Å². The van der Waals surface area contributed by atoms with E-state index in [-0.39, 0.29) is 11.8 Å². The molecule has 0 unspecified atom stereocenters. The number of methoxy groups -OCH3 is 2. The maximum absolute atomic E-state index is 12.3. The number of hydrogen-bond donors (Lipinski definition) is 2. The van der Waals surface area contributed by atoms with Gasteiger partial charge in [-0.15, -0.1) is 0 Å². The first-order valence-corrected chi connectivity index (χ1v) is 7.69. The van der Waals surface area contributed by atoms with Gasteiger partial charge in [0.1, 0.15) is 17.5 Å². The SMILES string of the molecule is COc1ccc(OC)c(NC(=O)[C@H]2CSCCC(=O)N2)c1. The van der Waals surface area contributed by atoms with Gasteiger partial charge in [-0.25, -0.2) is 0 Å². The van der Waals surface area contributed by atoms with E-state index in [1.165, 1.54) is 7.11 Å². The van der Waals surface area contributed by atoms with Crippen molar-refractivity contribution in [3.63, 3.8) is 0 Å². The third kappa shape index (κ3) is 4.04. The van der Waals surface area contributed by atoms with Crippen LogP contribution in [0, 0.1) is 0 Å². The molecule has 0 bridgehead atoms. The Morgan fingerprint density at radius 1 is 1.38 bits per heavy atom. The molecule has 0 aliphatic carbocycles. The minimum atomic E-state index is -0.541. The zero-order valence-electron chi connectivity index (χ0n) is 12.0. The molecule has 1 fully saturated rings. The maximum atomic E-state index is 12.3. The van der Waals surface area contributed by atoms with Crippen LogP contribution >= 0.6 is 11.8 Å². The molecule has 2 amide bonds. The van der Waals surface area contributed by atoms with E-state index in [0.717, 1.165) is 5.75 Å². The van der Waals surface area contributed by atoms with E-state index >= 15 is 0 Å². The summed E-state index contributed by atoms with van der Waals surface area (Å²) >= 11 is 1.58. The number of thioether (sulfide) groups is 1. The number of carbonyl (C=O) groups excluding carboxylic acids is 2. The van der Waals surface area contributed by atoms with E-state index < -0.39 is 6.04 Å². The molecule has 0 radical (unpaired) electrons. The molecule has 1 aliphatic rings. The summed E-state index contributed by atoms with van der Waals surface area (Å²) in [6, 6.07) is 4.61. The molecule has 21 heavy (non-hydrogen) atoms. The Kier molecular flexibility index (Phi) is 5.32. The molecule has 114 valence electrons. The molecule has 1 aromatic rings. The van der Waals surface area contributed by atoms with Crippen LogP contribution in [0.3, 0.4) is 0 Å². The van der Waals surface area contributed by atoms with E-state index in [1.807, 2.05) is 0 Å². The molecule has 2 N–H and O–H groups in total. The number of benzene rings is 1. The monoisotopic (exact) mass is 310 g/mol. The van der Waals surface area contributed by atoms with Crippen molar-refractivity contribution in [1.82, 2.24) is 5.32 Å². The van der Waals surface area contributed by atoms with E-state index in [0.29, 0.717) is 29.4 Å². The summed E-state index contributed by atoms with van der Waals surface area (Å²) < 4.78 is 10.4. The fourth-order valence-electron chi connectivity index (χ4n) is 1.95. The van der Waals surface area contributed by atoms with Gasteiger partial charge in [0.05, 0.1) is 19.9 Å². The predicted octanol–water partition coefficient (Wildman–Crippen LogP) is 1.26. The minimum absolute atomic E-state index is 0.0993. The zero-order valence-corrected chi connectivity index (χ0v) is 12.8. The number of ether oxygens (including phenoxy) is 2. The average Bonchev–Trinajstić information content (AvgIpc) is 2.71. The van der Waals surface area contributed by atoms with Gasteiger partial charge in [-0.05, 0) is 12.1 Å². The van der Waals surface area contributed by atoms with E-state index in [9.17, 15) is 9.59 Å². The quantitative estimate of drug-likeness (QED) is 0.875. The van der Waals surface area contributed by atoms with Crippen LogP contribution in [0.25, 0.3) is 0 Å². The summed E-state index contributed by atoms with van der Waals surface area (Å²) in [4.78, 5) is 23.8. The van der Waals surface area contributed by atoms with Gasteiger partial charge >= 0.3 is 0 Å². The molecular formula is C14H18N2O4S. The average molecular weight is 310 g/mol. The molecular weight excluding hydrogens is 292 g/mol. The highest BCUT2D eigenvalue weighted by molar-refractivity contribution is 7.99. The van der Waals surface area contributed by atoms with Crippen LogP contribution in [0.15, 0.2) is 18.2 Å². The van der Waals surface area contributed by atoms with Crippen molar-refractivity contribution in [2.75, 3.05) is 31.0 Å². The van der Waals surface area contributed by atoms with E-state index in [4.69, 9.17) is 9.47 Å². The second-order valence-electron chi connectivity index (χ2n) is 4.50. The molecule has 2 rings (SSSR count). The van der Waals surface area contributed by atoms with Crippen molar-refractivity contribution < 1.29 is 19.1 Å². The van der Waals surface area contributed by atoms with Crippen LogP contribution < -0.4 is 20.1 Å². The standard InChI is InChI=1S/C14H18N2O4S/c1-19-9-3-4-12(20-2)10(7-9)16-14(18)11-8-21-6-5-13(17)15-11/h3-4,7,11H,5-6,8H2,1-2H3,(H,15,17)(H,16,18)/t11-/m1/s1. The lowest BCUT2D eigenvalue weighted by molar-refractivity contribution is -0.125. The highest BCUT2D eigenvalue weighted by atomic mass is 32.2. The summed E-state index contributed by atoms with van der Waals surface area (Å²) in [5, 5.41) is 5.50. The number of amides is 2. The Bertz CT molecular complexity index is 536. The number of nitrogens with one attached hydrogen (secondary N) is 2. The topological polar surface area (TPSA) is 76.7 Å². The van der Waals surface area contributed by atoms with Crippen molar-refractivity contribution >= 4 is 29.3 Å². The van der Waals surface area contributed by atoms with E-state index in [1.54, 1.807) is 37.1 Å². The van der Waals surface area contributed by atoms with Crippen LogP contribution in [0.5, 0.6) is 11.5 Å². The zero-order chi connectivity index (χ0) is 15.2. The Morgan fingerprint density at radius 3 is 2.90 bits per heavy atom. The van der Waals surface area contributed by atoms with Gasteiger partial charge in [0.2, 0.25) is 11.8 Å². The van der Waals surface area contributed by atoms with Crippen molar-refractivity contribution in [2.45, 2.75) is 12.5 Å². The van der Waals surface area contributed by atoms with Crippen molar-refractivity contribution in [3.05, 3.63) is 18.2 Å². The Labute approximate surface area is 127 Å². The van der Waals surface area contributed by atoms with Crippen LogP contribution in [-0.4, -0.2) is 43.6 Å². The summed E-state index contributed by atoms with van der Waals surface area (Å²) in [7, 11) is 3.08. The molecule has 1 heterocycles. The Balaban J connectivity index is 2.12. The number of carbonyl (C=O) groups is 2. The molecule has 1 atom stereocenters. The van der Waals surface area contributed by atoms with Gasteiger partial charge < -0.3 is 20.1 Å². The second kappa shape index (κ2) is 7.21. The molecule has 1 saturated heterocycles. The largest absolute Gasteiger partial charge is 0.497 e. The van der Waals surface area contributed by atoms with Gasteiger partial charge in [0.25, 0.3) is 0 Å². The lowest BCUT2D eigenvalue weighted by atomic mass is 10.2. The predicted molar refractivity (Wildman–Crippen MR) is 82.0 cm³/mol. The summed E-state index contributed by atoms with van der Waals surface area (Å²) in [6.45, 7) is 0. The fourth-order valence-corrected chi connectivity index (χ4v) is 2.91. The van der Waals surface area contributed by atoms with Crippen molar-refractivity contribution in [1.29, 1.82) is 0 Å². The van der Waals surface area contributed by atoms with Crippen LogP contribution in [0.2, 0.25) is 0 Å². The van der Waals surface area contributed by atoms with Crippen LogP contribution in [0.1, 0.15) is 6.42 Å². The second-order valence-corrected chi connectivity index (χ2v) is 5.65. The number of anilines is 1. The lowest BCUT2D eigenvalue weighted by Gasteiger charge is -2.17. The molecule has 1 aliphatic heterocycles. The van der Waals surface area contributed by atoms with E-state index in [2.05, 4.69) is 10.6 Å². The van der Waals surface area contributed by atoms with Crippen molar-refractivity contribution in [2.24, 2.45) is 0 Å². The fraction of sp³-hybridized carbons (Fsp3) is 0.429. The first kappa shape index (κ1) is 15.5. The molecule has 1 aromatic carbocycles. The molecule has 0 saturated carbocycles. The Morgan fingerprint density at radius 2 is 2.19 bits per heavy atom. The molecule has 7 heteroatoms. The molecule has 0 aromatic heterocycles. The third-order valence-electron chi connectivity index (χ3n) is 3.07. The first-order chi connectivity index (χ1) is 10.1. The summed E-state index contributed by atoms with van der Waals surface area (Å²) in [5.41, 5.74) is 0.519. The Hall–Kier alpha value is -1.89. The first-order valence-electron chi connectivity index (χ1n) is 6.54. The van der Waals surface area contributed by atoms with Gasteiger partial charge in [0.15, 0.2) is 0 Å². The third-order valence-corrected chi connectivity index (χ3v) is 4.14. The molecule has 0 spiro atoms. The maximum Gasteiger partial charge on any atom is 0.247 e. The van der Waals surface area contributed by atoms with Crippen LogP contribution in [-0.2, 0) is 9.59 Å². The van der Waals surface area contributed by atoms with Crippen LogP contribution in [0.4, 0.5) is 5.69 Å². The minimum Gasteiger partial charge on any atom is -0.497 e. The lowest BCUT2D eigenvalue weighted by Crippen LogP contribution is -2.44. The number of hydrogen-bond acceptors (Lipinski definition) is 5. The smallest absolute Gasteiger partial charge is 0.247 e. The highest BCUT2D eigenvalue weighted by Gasteiger charge is 2.24. The number of rotatable bonds is 4. The highest BCUT2D eigenvalue weighted by Crippen LogP contribution is 2.29.